The van der Waals surface area contributed by atoms with Crippen LogP contribution in [0.3, 0.4) is 0 Å². The molecule has 1 unspecified atom stereocenters. The lowest BCUT2D eigenvalue weighted by Crippen LogP contribution is -2.36. The third kappa shape index (κ3) is 2.12. The smallest absolute Gasteiger partial charge is 0.0207 e. The van der Waals surface area contributed by atoms with Crippen molar-refractivity contribution in [3.8, 4) is 0 Å². The van der Waals surface area contributed by atoms with Crippen LogP contribution in [0.2, 0.25) is 0 Å². The van der Waals surface area contributed by atoms with Crippen LogP contribution in [-0.4, -0.2) is 36.6 Å². The molecule has 1 heterocycles. The van der Waals surface area contributed by atoms with Crippen molar-refractivity contribution >= 4 is 0 Å². The van der Waals surface area contributed by atoms with Crippen LogP contribution < -0.4 is 5.32 Å². The van der Waals surface area contributed by atoms with E-state index in [0.29, 0.717) is 0 Å². The molecule has 2 rings (SSSR count). The van der Waals surface area contributed by atoms with Gasteiger partial charge in [-0.05, 0) is 25.8 Å². The van der Waals surface area contributed by atoms with Gasteiger partial charge in [0.2, 0.25) is 0 Å². The van der Waals surface area contributed by atoms with Crippen LogP contribution in [0.4, 0.5) is 0 Å². The molecular weight excluding hydrogens is 160 g/mol. The molecule has 1 saturated heterocycles. The largest absolute Gasteiger partial charge is 0.313 e. The standard InChI is InChI=1S/C11H20N2/c1-2-12-10-7-8-13(9-10)11-5-3-4-6-11/h3-4,10-12H,2,5-9H2,1H3. The fourth-order valence-electron chi connectivity index (χ4n) is 2.48. The summed E-state index contributed by atoms with van der Waals surface area (Å²) in [7, 11) is 0. The van der Waals surface area contributed by atoms with Gasteiger partial charge >= 0.3 is 0 Å². The molecule has 0 amide bonds. The van der Waals surface area contributed by atoms with Crippen molar-refractivity contribution < 1.29 is 0 Å². The van der Waals surface area contributed by atoms with Crippen molar-refractivity contribution in [2.24, 2.45) is 0 Å². The zero-order valence-electron chi connectivity index (χ0n) is 8.50. The van der Waals surface area contributed by atoms with Gasteiger partial charge in [0.1, 0.15) is 0 Å². The van der Waals surface area contributed by atoms with Crippen molar-refractivity contribution in [2.75, 3.05) is 19.6 Å². The zero-order valence-corrected chi connectivity index (χ0v) is 8.50. The predicted molar refractivity (Wildman–Crippen MR) is 55.8 cm³/mol. The Hall–Kier alpha value is -0.340. The van der Waals surface area contributed by atoms with Gasteiger partial charge in [0, 0.05) is 25.2 Å². The molecule has 0 spiro atoms. The van der Waals surface area contributed by atoms with E-state index in [1.165, 1.54) is 32.4 Å². The normalized spacial score (nSPS) is 30.4. The second-order valence-electron chi connectivity index (χ2n) is 4.13. The van der Waals surface area contributed by atoms with Crippen LogP contribution in [0.15, 0.2) is 12.2 Å². The van der Waals surface area contributed by atoms with E-state index in [0.717, 1.165) is 18.6 Å². The average Bonchev–Trinajstić information content (AvgIpc) is 2.70. The number of nitrogens with one attached hydrogen (secondary N) is 1. The molecule has 0 bridgehead atoms. The Morgan fingerprint density at radius 2 is 2.15 bits per heavy atom. The molecule has 13 heavy (non-hydrogen) atoms. The Balaban J connectivity index is 1.77. The molecule has 0 aromatic carbocycles. The second kappa shape index (κ2) is 4.25. The molecule has 0 radical (unpaired) electrons. The Morgan fingerprint density at radius 1 is 1.38 bits per heavy atom. The Kier molecular flexibility index (Phi) is 3.01. The average molecular weight is 180 g/mol. The quantitative estimate of drug-likeness (QED) is 0.660. The fraction of sp³-hybridized carbons (Fsp3) is 0.818. The number of hydrogen-bond acceptors (Lipinski definition) is 2. The van der Waals surface area contributed by atoms with Crippen molar-refractivity contribution in [1.82, 2.24) is 10.2 Å². The first-order valence-electron chi connectivity index (χ1n) is 5.52. The highest BCUT2D eigenvalue weighted by atomic mass is 15.2. The van der Waals surface area contributed by atoms with Gasteiger partial charge in [0.05, 0.1) is 0 Å². The highest BCUT2D eigenvalue weighted by Crippen LogP contribution is 2.21. The highest BCUT2D eigenvalue weighted by molar-refractivity contribution is 5.00. The molecule has 0 saturated carbocycles. The Morgan fingerprint density at radius 3 is 2.85 bits per heavy atom. The molecule has 74 valence electrons. The van der Waals surface area contributed by atoms with Crippen LogP contribution in [0.25, 0.3) is 0 Å². The molecule has 1 aliphatic heterocycles. The van der Waals surface area contributed by atoms with Crippen molar-refractivity contribution in [2.45, 2.75) is 38.3 Å². The summed E-state index contributed by atoms with van der Waals surface area (Å²) < 4.78 is 0. The molecule has 2 heteroatoms. The lowest BCUT2D eigenvalue weighted by Gasteiger charge is -2.23. The summed E-state index contributed by atoms with van der Waals surface area (Å²) in [6, 6.07) is 1.58. The van der Waals surface area contributed by atoms with E-state index >= 15 is 0 Å². The van der Waals surface area contributed by atoms with Gasteiger partial charge < -0.3 is 5.32 Å². The molecule has 1 N–H and O–H groups in total. The summed E-state index contributed by atoms with van der Waals surface area (Å²) in [5, 5.41) is 3.54. The third-order valence-electron chi connectivity index (χ3n) is 3.21. The van der Waals surface area contributed by atoms with Crippen LogP contribution in [-0.2, 0) is 0 Å². The fourth-order valence-corrected chi connectivity index (χ4v) is 2.48. The van der Waals surface area contributed by atoms with Crippen molar-refractivity contribution in [3.63, 3.8) is 0 Å². The van der Waals surface area contributed by atoms with Crippen LogP contribution in [0.5, 0.6) is 0 Å². The van der Waals surface area contributed by atoms with Crippen LogP contribution >= 0.6 is 0 Å². The summed E-state index contributed by atoms with van der Waals surface area (Å²) in [5.74, 6) is 0. The summed E-state index contributed by atoms with van der Waals surface area (Å²) >= 11 is 0. The van der Waals surface area contributed by atoms with Gasteiger partial charge in [-0.25, -0.2) is 0 Å². The maximum absolute atomic E-state index is 3.54. The minimum atomic E-state index is 0.755. The lowest BCUT2D eigenvalue weighted by atomic mass is 10.2. The van der Waals surface area contributed by atoms with Gasteiger partial charge in [-0.3, -0.25) is 4.90 Å². The first-order valence-corrected chi connectivity index (χ1v) is 5.52. The number of nitrogens with zero attached hydrogens (tertiary/aromatic N) is 1. The monoisotopic (exact) mass is 180 g/mol. The first-order chi connectivity index (χ1) is 6.40. The second-order valence-corrected chi connectivity index (χ2v) is 4.13. The maximum Gasteiger partial charge on any atom is 0.0207 e. The number of rotatable bonds is 3. The van der Waals surface area contributed by atoms with Crippen molar-refractivity contribution in [3.05, 3.63) is 12.2 Å². The highest BCUT2D eigenvalue weighted by Gasteiger charge is 2.27. The minimum absolute atomic E-state index is 0.755. The zero-order chi connectivity index (χ0) is 9.10. The molecule has 1 fully saturated rings. The van der Waals surface area contributed by atoms with Crippen LogP contribution in [0, 0.1) is 0 Å². The molecule has 2 nitrogen and oxygen atoms in total. The van der Waals surface area contributed by atoms with Crippen LogP contribution in [0.1, 0.15) is 26.2 Å². The van der Waals surface area contributed by atoms with E-state index in [1.807, 2.05) is 0 Å². The van der Waals surface area contributed by atoms with Gasteiger partial charge in [0.15, 0.2) is 0 Å². The molecule has 0 aromatic heterocycles. The van der Waals surface area contributed by atoms with Gasteiger partial charge in [-0.2, -0.15) is 0 Å². The predicted octanol–water partition coefficient (Wildman–Crippen LogP) is 1.39. The molecule has 0 aromatic rings. The van der Waals surface area contributed by atoms with E-state index in [1.54, 1.807) is 0 Å². The van der Waals surface area contributed by atoms with Crippen molar-refractivity contribution in [1.29, 1.82) is 0 Å². The molecular formula is C11H20N2. The van der Waals surface area contributed by atoms with Gasteiger partial charge in [-0.15, -0.1) is 0 Å². The molecule has 2 aliphatic rings. The van der Waals surface area contributed by atoms with E-state index in [2.05, 4.69) is 29.3 Å². The van der Waals surface area contributed by atoms with E-state index < -0.39 is 0 Å². The van der Waals surface area contributed by atoms with E-state index in [4.69, 9.17) is 0 Å². The summed E-state index contributed by atoms with van der Waals surface area (Å²) in [6.45, 7) is 5.87. The number of likely N-dealkylation sites (N-methyl/N-ethyl adjacent to an activating group) is 1. The minimum Gasteiger partial charge on any atom is -0.313 e. The molecule has 1 aliphatic carbocycles. The summed E-state index contributed by atoms with van der Waals surface area (Å²) in [6.07, 6.45) is 8.54. The Labute approximate surface area is 81.0 Å². The third-order valence-corrected chi connectivity index (χ3v) is 3.21. The van der Waals surface area contributed by atoms with Gasteiger partial charge in [-0.1, -0.05) is 19.1 Å². The Bertz CT molecular complexity index is 181. The summed E-state index contributed by atoms with van der Waals surface area (Å²) in [5.41, 5.74) is 0. The lowest BCUT2D eigenvalue weighted by molar-refractivity contribution is 0.246. The summed E-state index contributed by atoms with van der Waals surface area (Å²) in [4.78, 5) is 2.65. The van der Waals surface area contributed by atoms with E-state index in [-0.39, 0.29) is 0 Å². The maximum atomic E-state index is 3.54. The number of hydrogen-bond donors (Lipinski definition) is 1. The SMILES string of the molecule is CCNC1CCN(C2CC=CC2)C1. The topological polar surface area (TPSA) is 15.3 Å². The van der Waals surface area contributed by atoms with Gasteiger partial charge in [0.25, 0.3) is 0 Å². The molecule has 1 atom stereocenters. The number of likely N-dealkylation sites (tertiary alicyclic amines) is 1. The first kappa shape index (κ1) is 9.22. The van der Waals surface area contributed by atoms with E-state index in [9.17, 15) is 0 Å².